The normalized spacial score (nSPS) is 14.4. The van der Waals surface area contributed by atoms with E-state index in [0.717, 1.165) is 0 Å². The maximum absolute atomic E-state index is 12.5. The molecule has 0 atom stereocenters. The molecule has 2 amide bonds. The number of nitrogens with one attached hydrogen (secondary N) is 1. The lowest BCUT2D eigenvalue weighted by molar-refractivity contribution is -0.137. The van der Waals surface area contributed by atoms with E-state index in [1.165, 1.54) is 35.2 Å². The zero-order chi connectivity index (χ0) is 18.7. The van der Waals surface area contributed by atoms with Crippen molar-refractivity contribution >= 4 is 27.3 Å². The number of nitrogens with zero attached hydrogens (tertiary/aromatic N) is 1. The first-order chi connectivity index (χ1) is 12.4. The van der Waals surface area contributed by atoms with Gasteiger partial charge in [0, 0.05) is 18.8 Å². The molecule has 2 aromatic carbocycles. The Morgan fingerprint density at radius 1 is 1.00 bits per heavy atom. The maximum Gasteiger partial charge on any atom is 0.246 e. The molecule has 0 aromatic heterocycles. The van der Waals surface area contributed by atoms with Gasteiger partial charge in [-0.2, -0.15) is 0 Å². The predicted octanol–water partition coefficient (Wildman–Crippen LogP) is 2.10. The van der Waals surface area contributed by atoms with Crippen LogP contribution in [0.25, 0.3) is 0 Å². The van der Waals surface area contributed by atoms with Gasteiger partial charge in [0.25, 0.3) is 0 Å². The van der Waals surface area contributed by atoms with Crippen LogP contribution in [-0.2, 0) is 19.4 Å². The summed E-state index contributed by atoms with van der Waals surface area (Å²) in [4.78, 5) is 25.5. The van der Waals surface area contributed by atoms with Gasteiger partial charge < -0.3 is 10.2 Å². The van der Waals surface area contributed by atoms with Crippen LogP contribution in [-0.4, -0.2) is 38.2 Å². The van der Waals surface area contributed by atoms with E-state index in [1.54, 1.807) is 30.3 Å². The van der Waals surface area contributed by atoms with Crippen molar-refractivity contribution in [3.63, 3.8) is 0 Å². The van der Waals surface area contributed by atoms with Gasteiger partial charge in [-0.05, 0) is 42.5 Å². The summed E-state index contributed by atoms with van der Waals surface area (Å²) >= 11 is 0. The smallest absolute Gasteiger partial charge is 0.246 e. The van der Waals surface area contributed by atoms with Crippen LogP contribution in [0.15, 0.2) is 77.0 Å². The molecule has 0 aliphatic carbocycles. The minimum Gasteiger partial charge on any atom is -0.337 e. The number of hydrogen-bond acceptors (Lipinski definition) is 4. The fourth-order valence-electron chi connectivity index (χ4n) is 2.65. The van der Waals surface area contributed by atoms with Gasteiger partial charge in [-0.15, -0.1) is 0 Å². The van der Waals surface area contributed by atoms with Gasteiger partial charge in [0.1, 0.15) is 0 Å². The van der Waals surface area contributed by atoms with Crippen molar-refractivity contribution in [2.24, 2.45) is 5.92 Å². The molecule has 1 heterocycles. The molecule has 1 fully saturated rings. The average molecular weight is 370 g/mol. The van der Waals surface area contributed by atoms with E-state index in [9.17, 15) is 18.0 Å². The van der Waals surface area contributed by atoms with Gasteiger partial charge in [0.05, 0.1) is 15.7 Å². The molecule has 0 unspecified atom stereocenters. The summed E-state index contributed by atoms with van der Waals surface area (Å²) in [7, 11) is -3.58. The van der Waals surface area contributed by atoms with Crippen LogP contribution >= 0.6 is 0 Å². The fourth-order valence-corrected chi connectivity index (χ4v) is 3.93. The molecule has 0 saturated carbocycles. The maximum atomic E-state index is 12.5. The van der Waals surface area contributed by atoms with Crippen molar-refractivity contribution < 1.29 is 18.0 Å². The first-order valence-corrected chi connectivity index (χ1v) is 9.52. The van der Waals surface area contributed by atoms with Crippen molar-refractivity contribution in [3.8, 4) is 0 Å². The molecular weight excluding hydrogens is 352 g/mol. The number of amides is 2. The van der Waals surface area contributed by atoms with Gasteiger partial charge in [-0.1, -0.05) is 24.8 Å². The van der Waals surface area contributed by atoms with Crippen molar-refractivity contribution in [1.82, 2.24) is 4.90 Å². The fraction of sp³-hybridized carbons (Fsp3) is 0.158. The van der Waals surface area contributed by atoms with E-state index in [-0.39, 0.29) is 27.5 Å². The first kappa shape index (κ1) is 17.9. The number of carbonyl (C=O) groups is 2. The zero-order valence-electron chi connectivity index (χ0n) is 14.0. The van der Waals surface area contributed by atoms with Gasteiger partial charge >= 0.3 is 0 Å². The lowest BCUT2D eigenvalue weighted by Crippen LogP contribution is -2.53. The second-order valence-electron chi connectivity index (χ2n) is 5.97. The van der Waals surface area contributed by atoms with E-state index in [1.807, 2.05) is 0 Å². The van der Waals surface area contributed by atoms with Crippen molar-refractivity contribution in [1.29, 1.82) is 0 Å². The zero-order valence-corrected chi connectivity index (χ0v) is 14.8. The molecule has 2 aromatic rings. The van der Waals surface area contributed by atoms with Crippen LogP contribution in [0.4, 0.5) is 5.69 Å². The van der Waals surface area contributed by atoms with E-state index < -0.39 is 9.84 Å². The van der Waals surface area contributed by atoms with Crippen LogP contribution in [0.2, 0.25) is 0 Å². The second-order valence-corrected chi connectivity index (χ2v) is 7.92. The van der Waals surface area contributed by atoms with E-state index in [4.69, 9.17) is 0 Å². The molecule has 0 spiro atoms. The number of carbonyl (C=O) groups excluding carboxylic acids is 2. The number of anilines is 1. The Kier molecular flexibility index (Phi) is 4.90. The highest BCUT2D eigenvalue weighted by Gasteiger charge is 2.34. The van der Waals surface area contributed by atoms with E-state index in [0.29, 0.717) is 18.8 Å². The molecule has 0 bridgehead atoms. The third kappa shape index (κ3) is 3.52. The van der Waals surface area contributed by atoms with Crippen LogP contribution in [0, 0.1) is 5.92 Å². The lowest BCUT2D eigenvalue weighted by Gasteiger charge is -2.37. The molecule has 7 heteroatoms. The molecule has 1 aliphatic heterocycles. The standard InChI is InChI=1S/C19H18N2O4S/c1-2-18(22)21-12-14(13-21)19(23)20-15-8-10-17(11-9-15)26(24,25)16-6-4-3-5-7-16/h2-11,14H,1,12-13H2,(H,20,23). The summed E-state index contributed by atoms with van der Waals surface area (Å²) < 4.78 is 25.1. The van der Waals surface area contributed by atoms with Crippen molar-refractivity contribution in [2.75, 3.05) is 18.4 Å². The minimum absolute atomic E-state index is 0.160. The Bertz CT molecular complexity index is 931. The Morgan fingerprint density at radius 2 is 1.58 bits per heavy atom. The van der Waals surface area contributed by atoms with Gasteiger partial charge in [0.2, 0.25) is 21.7 Å². The van der Waals surface area contributed by atoms with E-state index >= 15 is 0 Å². The molecule has 3 rings (SSSR count). The number of hydrogen-bond donors (Lipinski definition) is 1. The largest absolute Gasteiger partial charge is 0.337 e. The SMILES string of the molecule is C=CC(=O)N1CC(C(=O)Nc2ccc(S(=O)(=O)c3ccccc3)cc2)C1. The summed E-state index contributed by atoms with van der Waals surface area (Å²) in [6.07, 6.45) is 1.22. The van der Waals surface area contributed by atoms with Gasteiger partial charge in [0.15, 0.2) is 0 Å². The van der Waals surface area contributed by atoms with E-state index in [2.05, 4.69) is 11.9 Å². The van der Waals surface area contributed by atoms with Crippen LogP contribution in [0.5, 0.6) is 0 Å². The molecule has 6 nitrogen and oxygen atoms in total. The number of rotatable bonds is 5. The second kappa shape index (κ2) is 7.13. The highest BCUT2D eigenvalue weighted by molar-refractivity contribution is 7.91. The Hall–Kier alpha value is -2.93. The van der Waals surface area contributed by atoms with Crippen LogP contribution < -0.4 is 5.32 Å². The molecule has 134 valence electrons. The molecular formula is C19H18N2O4S. The number of benzene rings is 2. The van der Waals surface area contributed by atoms with Crippen molar-refractivity contribution in [2.45, 2.75) is 9.79 Å². The third-order valence-electron chi connectivity index (χ3n) is 4.22. The minimum atomic E-state index is -3.58. The van der Waals surface area contributed by atoms with Crippen molar-refractivity contribution in [3.05, 3.63) is 67.3 Å². The Labute approximate surface area is 152 Å². The van der Waals surface area contributed by atoms with Crippen LogP contribution in [0.3, 0.4) is 0 Å². The quantitative estimate of drug-likeness (QED) is 0.817. The molecule has 1 aliphatic rings. The Morgan fingerprint density at radius 3 is 2.15 bits per heavy atom. The van der Waals surface area contributed by atoms with Gasteiger partial charge in [-0.3, -0.25) is 9.59 Å². The topological polar surface area (TPSA) is 83.6 Å². The highest BCUT2D eigenvalue weighted by Crippen LogP contribution is 2.23. The third-order valence-corrected chi connectivity index (χ3v) is 6.01. The molecule has 26 heavy (non-hydrogen) atoms. The average Bonchev–Trinajstić information content (AvgIpc) is 2.61. The summed E-state index contributed by atoms with van der Waals surface area (Å²) in [5.74, 6) is -0.659. The summed E-state index contributed by atoms with van der Waals surface area (Å²) in [5, 5.41) is 2.74. The summed E-state index contributed by atoms with van der Waals surface area (Å²) in [5.41, 5.74) is 0.510. The summed E-state index contributed by atoms with van der Waals surface area (Å²) in [6, 6.07) is 14.2. The first-order valence-electron chi connectivity index (χ1n) is 8.04. The molecule has 0 radical (unpaired) electrons. The predicted molar refractivity (Wildman–Crippen MR) is 97.2 cm³/mol. The van der Waals surface area contributed by atoms with Crippen LogP contribution in [0.1, 0.15) is 0 Å². The highest BCUT2D eigenvalue weighted by atomic mass is 32.2. The number of sulfone groups is 1. The van der Waals surface area contributed by atoms with Gasteiger partial charge in [-0.25, -0.2) is 8.42 Å². The summed E-state index contributed by atoms with van der Waals surface area (Å²) in [6.45, 7) is 4.13. The molecule has 1 N–H and O–H groups in total. The number of likely N-dealkylation sites (tertiary alicyclic amines) is 1. The Balaban J connectivity index is 1.65. The molecule has 1 saturated heterocycles. The lowest BCUT2D eigenvalue weighted by atomic mass is 9.99. The monoisotopic (exact) mass is 370 g/mol.